The van der Waals surface area contributed by atoms with Gasteiger partial charge >= 0.3 is 0 Å². The monoisotopic (exact) mass is 336 g/mol. The zero-order chi connectivity index (χ0) is 18.0. The summed E-state index contributed by atoms with van der Waals surface area (Å²) in [5.41, 5.74) is 1.35. The van der Waals surface area contributed by atoms with E-state index >= 15 is 0 Å². The Morgan fingerprint density at radius 3 is 2.38 bits per heavy atom. The third-order valence-electron chi connectivity index (χ3n) is 4.82. The Kier molecular flexibility index (Phi) is 6.04. The van der Waals surface area contributed by atoms with Crippen LogP contribution in [0.4, 0.5) is 0 Å². The zero-order valence-electron chi connectivity index (χ0n) is 16.2. The number of amides is 1. The smallest absolute Gasteiger partial charge is 0.259 e. The third kappa shape index (κ3) is 3.98. The number of piperazine rings is 1. The zero-order valence-corrected chi connectivity index (χ0v) is 16.2. The number of carbonyl (C=O) groups is 1. The standard InChI is InChI=1S/C18H32N4O2/c1-12(2)17-16(15(5)19-24-17)18(23)21-10-13(3)22(14(4)11-21)9-8-20(6)7/h12-14H,8-11H2,1-7H3. The van der Waals surface area contributed by atoms with E-state index in [1.807, 2.05) is 25.7 Å². The Morgan fingerprint density at radius 1 is 1.29 bits per heavy atom. The van der Waals surface area contributed by atoms with Gasteiger partial charge in [-0.25, -0.2) is 0 Å². The third-order valence-corrected chi connectivity index (χ3v) is 4.82. The van der Waals surface area contributed by atoms with Crippen LogP contribution in [0.1, 0.15) is 55.4 Å². The minimum Gasteiger partial charge on any atom is -0.360 e. The van der Waals surface area contributed by atoms with Crippen LogP contribution >= 0.6 is 0 Å². The molecule has 2 atom stereocenters. The van der Waals surface area contributed by atoms with Gasteiger partial charge in [-0.2, -0.15) is 0 Å². The van der Waals surface area contributed by atoms with Crippen LogP contribution in [0, 0.1) is 6.92 Å². The summed E-state index contributed by atoms with van der Waals surface area (Å²) < 4.78 is 5.40. The second kappa shape index (κ2) is 7.66. The maximum atomic E-state index is 13.1. The summed E-state index contributed by atoms with van der Waals surface area (Å²) in [5, 5.41) is 4.02. The van der Waals surface area contributed by atoms with Crippen molar-refractivity contribution < 1.29 is 9.32 Å². The van der Waals surface area contributed by atoms with Crippen molar-refractivity contribution in [3.05, 3.63) is 17.0 Å². The fraction of sp³-hybridized carbons (Fsp3) is 0.778. The molecule has 1 aromatic heterocycles. The Bertz CT molecular complexity index is 555. The van der Waals surface area contributed by atoms with Crippen LogP contribution in [-0.4, -0.2) is 78.1 Å². The lowest BCUT2D eigenvalue weighted by atomic mass is 10.0. The van der Waals surface area contributed by atoms with Crippen molar-refractivity contribution in [2.24, 2.45) is 0 Å². The minimum absolute atomic E-state index is 0.0587. The number of aromatic nitrogens is 1. The number of nitrogens with zero attached hydrogens (tertiary/aromatic N) is 4. The number of carbonyl (C=O) groups excluding carboxylic acids is 1. The maximum Gasteiger partial charge on any atom is 0.259 e. The summed E-state index contributed by atoms with van der Waals surface area (Å²) in [6.07, 6.45) is 0. The first-order chi connectivity index (χ1) is 11.2. The van der Waals surface area contributed by atoms with Crippen molar-refractivity contribution in [2.45, 2.75) is 52.6 Å². The van der Waals surface area contributed by atoms with Crippen molar-refractivity contribution in [1.29, 1.82) is 0 Å². The fourth-order valence-electron chi connectivity index (χ4n) is 3.48. The van der Waals surface area contributed by atoms with Gasteiger partial charge in [0.1, 0.15) is 5.56 Å². The predicted octanol–water partition coefficient (Wildman–Crippen LogP) is 2.20. The fourth-order valence-corrected chi connectivity index (χ4v) is 3.48. The van der Waals surface area contributed by atoms with E-state index in [1.54, 1.807) is 0 Å². The molecule has 0 spiro atoms. The first kappa shape index (κ1) is 18.9. The van der Waals surface area contributed by atoms with Gasteiger partial charge in [-0.15, -0.1) is 0 Å². The lowest BCUT2D eigenvalue weighted by Crippen LogP contribution is -2.59. The highest BCUT2D eigenvalue weighted by Crippen LogP contribution is 2.25. The number of hydrogen-bond acceptors (Lipinski definition) is 5. The highest BCUT2D eigenvalue weighted by Gasteiger charge is 2.34. The molecule has 1 aromatic rings. The van der Waals surface area contributed by atoms with Crippen molar-refractivity contribution in [2.75, 3.05) is 40.3 Å². The summed E-state index contributed by atoms with van der Waals surface area (Å²) in [5.74, 6) is 0.914. The molecule has 24 heavy (non-hydrogen) atoms. The second-order valence-corrected chi connectivity index (χ2v) is 7.61. The maximum absolute atomic E-state index is 13.1. The van der Waals surface area contributed by atoms with Gasteiger partial charge in [0.25, 0.3) is 5.91 Å². The molecule has 2 heterocycles. The summed E-state index contributed by atoms with van der Waals surface area (Å²) in [6, 6.07) is 0.695. The van der Waals surface area contributed by atoms with Crippen LogP contribution in [0.5, 0.6) is 0 Å². The summed E-state index contributed by atoms with van der Waals surface area (Å²) >= 11 is 0. The molecule has 6 heteroatoms. The average molecular weight is 336 g/mol. The lowest BCUT2D eigenvalue weighted by Gasteiger charge is -2.44. The molecular formula is C18H32N4O2. The van der Waals surface area contributed by atoms with E-state index in [0.717, 1.165) is 26.2 Å². The highest BCUT2D eigenvalue weighted by atomic mass is 16.5. The molecule has 1 aliphatic heterocycles. The largest absolute Gasteiger partial charge is 0.360 e. The Hall–Kier alpha value is -1.40. The van der Waals surface area contributed by atoms with E-state index in [4.69, 9.17) is 4.52 Å². The molecule has 1 aliphatic rings. The Labute approximate surface area is 145 Å². The normalized spacial score (nSPS) is 22.6. The number of rotatable bonds is 5. The minimum atomic E-state index is 0.0587. The lowest BCUT2D eigenvalue weighted by molar-refractivity contribution is 0.0280. The van der Waals surface area contributed by atoms with Crippen molar-refractivity contribution in [3.63, 3.8) is 0 Å². The molecule has 2 unspecified atom stereocenters. The predicted molar refractivity (Wildman–Crippen MR) is 95.4 cm³/mol. The summed E-state index contributed by atoms with van der Waals surface area (Å²) in [7, 11) is 4.19. The van der Waals surface area contributed by atoms with Gasteiger partial charge in [-0.3, -0.25) is 9.69 Å². The van der Waals surface area contributed by atoms with Crippen LogP contribution in [0.3, 0.4) is 0 Å². The van der Waals surface area contributed by atoms with E-state index < -0.39 is 0 Å². The number of likely N-dealkylation sites (N-methyl/N-ethyl adjacent to an activating group) is 1. The first-order valence-corrected chi connectivity index (χ1v) is 8.88. The second-order valence-electron chi connectivity index (χ2n) is 7.61. The van der Waals surface area contributed by atoms with Crippen LogP contribution in [-0.2, 0) is 0 Å². The van der Waals surface area contributed by atoms with E-state index in [1.165, 1.54) is 0 Å². The first-order valence-electron chi connectivity index (χ1n) is 8.88. The Balaban J connectivity index is 2.12. The van der Waals surface area contributed by atoms with E-state index in [2.05, 4.69) is 42.9 Å². The molecule has 0 aromatic carbocycles. The van der Waals surface area contributed by atoms with E-state index in [9.17, 15) is 4.79 Å². The van der Waals surface area contributed by atoms with Crippen molar-refractivity contribution >= 4 is 5.91 Å². The van der Waals surface area contributed by atoms with Gasteiger partial charge < -0.3 is 14.3 Å². The van der Waals surface area contributed by atoms with E-state index in [0.29, 0.717) is 29.1 Å². The van der Waals surface area contributed by atoms with Crippen molar-refractivity contribution in [1.82, 2.24) is 19.9 Å². The summed E-state index contributed by atoms with van der Waals surface area (Å²) in [4.78, 5) is 19.7. The van der Waals surface area contributed by atoms with Crippen LogP contribution in [0.2, 0.25) is 0 Å². The van der Waals surface area contributed by atoms with Crippen molar-refractivity contribution in [3.8, 4) is 0 Å². The van der Waals surface area contributed by atoms with Gasteiger partial charge in [0.15, 0.2) is 5.76 Å². The molecule has 0 radical (unpaired) electrons. The van der Waals surface area contributed by atoms with Gasteiger partial charge in [0, 0.05) is 44.2 Å². The molecular weight excluding hydrogens is 304 g/mol. The van der Waals surface area contributed by atoms with Crippen LogP contribution < -0.4 is 0 Å². The van der Waals surface area contributed by atoms with Gasteiger partial charge in [0.2, 0.25) is 0 Å². The molecule has 2 rings (SSSR count). The molecule has 136 valence electrons. The molecule has 0 saturated carbocycles. The van der Waals surface area contributed by atoms with Crippen LogP contribution in [0.25, 0.3) is 0 Å². The quantitative estimate of drug-likeness (QED) is 0.825. The van der Waals surface area contributed by atoms with E-state index in [-0.39, 0.29) is 11.8 Å². The SMILES string of the molecule is Cc1noc(C(C)C)c1C(=O)N1CC(C)N(CCN(C)C)C(C)C1. The topological polar surface area (TPSA) is 52.8 Å². The molecule has 0 N–H and O–H groups in total. The Morgan fingerprint density at radius 2 is 1.88 bits per heavy atom. The average Bonchev–Trinajstić information content (AvgIpc) is 2.87. The van der Waals surface area contributed by atoms with Gasteiger partial charge in [0.05, 0.1) is 5.69 Å². The molecule has 1 saturated heterocycles. The molecule has 1 amide bonds. The number of hydrogen-bond donors (Lipinski definition) is 0. The van der Waals surface area contributed by atoms with Gasteiger partial charge in [-0.05, 0) is 34.9 Å². The summed E-state index contributed by atoms with van der Waals surface area (Å²) in [6.45, 7) is 13.9. The molecule has 0 aliphatic carbocycles. The molecule has 6 nitrogen and oxygen atoms in total. The highest BCUT2D eigenvalue weighted by molar-refractivity contribution is 5.96. The number of aryl methyl sites for hydroxylation is 1. The molecule has 0 bridgehead atoms. The van der Waals surface area contributed by atoms with Crippen LogP contribution in [0.15, 0.2) is 4.52 Å². The molecule has 1 fully saturated rings. The van der Waals surface area contributed by atoms with Gasteiger partial charge in [-0.1, -0.05) is 19.0 Å².